The van der Waals surface area contributed by atoms with E-state index >= 15 is 0 Å². The number of fused-ring (bicyclic) bond motifs is 3. The predicted octanol–water partition coefficient (Wildman–Crippen LogP) is 5.23. The van der Waals surface area contributed by atoms with Crippen LogP contribution in [0.4, 0.5) is 0 Å². The molecule has 0 unspecified atom stereocenters. The minimum Gasteiger partial charge on any atom is -0.461 e. The molecule has 1 aliphatic carbocycles. The smallest absolute Gasteiger partial charge is 0.309 e. The first-order valence-electron chi connectivity index (χ1n) is 8.39. The first-order valence-corrected chi connectivity index (χ1v) is 8.39. The number of carbonyl (C=O) groups is 1. The summed E-state index contributed by atoms with van der Waals surface area (Å²) in [6, 6.07) is 18.9. The van der Waals surface area contributed by atoms with Gasteiger partial charge in [0.1, 0.15) is 6.61 Å². The van der Waals surface area contributed by atoms with Crippen LogP contribution >= 0.6 is 0 Å². The normalized spacial score (nSPS) is 15.3. The molecule has 2 nitrogen and oxygen atoms in total. The molecule has 0 amide bonds. The van der Waals surface area contributed by atoms with Gasteiger partial charge in [-0.15, -0.1) is 0 Å². The summed E-state index contributed by atoms with van der Waals surface area (Å²) in [6.07, 6.45) is 4.27. The van der Waals surface area contributed by atoms with Crippen LogP contribution in [0.1, 0.15) is 31.2 Å². The van der Waals surface area contributed by atoms with E-state index in [1.54, 1.807) is 0 Å². The minimum absolute atomic E-state index is 0.0280. The van der Waals surface area contributed by atoms with Gasteiger partial charge in [-0.2, -0.15) is 0 Å². The largest absolute Gasteiger partial charge is 0.461 e. The molecule has 1 fully saturated rings. The van der Waals surface area contributed by atoms with E-state index in [4.69, 9.17) is 4.74 Å². The van der Waals surface area contributed by atoms with Gasteiger partial charge in [-0.3, -0.25) is 4.79 Å². The first-order chi connectivity index (χ1) is 11.3. The second kappa shape index (κ2) is 6.04. The highest BCUT2D eigenvalue weighted by atomic mass is 16.5. The maximum absolute atomic E-state index is 12.2. The summed E-state index contributed by atoms with van der Waals surface area (Å²) >= 11 is 0. The zero-order valence-electron chi connectivity index (χ0n) is 13.1. The van der Waals surface area contributed by atoms with Crippen LogP contribution < -0.4 is 0 Å². The minimum atomic E-state index is -0.0280. The van der Waals surface area contributed by atoms with E-state index in [1.165, 1.54) is 21.5 Å². The summed E-state index contributed by atoms with van der Waals surface area (Å²) in [5.41, 5.74) is 1.09. The molecule has 3 aromatic rings. The van der Waals surface area contributed by atoms with Gasteiger partial charge in [0.05, 0.1) is 5.92 Å². The number of hydrogen-bond donors (Lipinski definition) is 0. The van der Waals surface area contributed by atoms with Crippen LogP contribution in [0.2, 0.25) is 0 Å². The number of esters is 1. The van der Waals surface area contributed by atoms with Crippen molar-refractivity contribution in [2.24, 2.45) is 5.92 Å². The Bertz CT molecular complexity index is 860. The molecule has 1 aliphatic rings. The Kier molecular flexibility index (Phi) is 3.74. The molecule has 0 spiro atoms. The van der Waals surface area contributed by atoms with E-state index in [1.807, 2.05) is 12.1 Å². The van der Waals surface area contributed by atoms with Gasteiger partial charge >= 0.3 is 5.97 Å². The van der Waals surface area contributed by atoms with Crippen molar-refractivity contribution in [2.75, 3.05) is 0 Å². The molecule has 0 aliphatic heterocycles. The van der Waals surface area contributed by atoms with Gasteiger partial charge in [0, 0.05) is 0 Å². The van der Waals surface area contributed by atoms with Crippen molar-refractivity contribution in [1.82, 2.24) is 0 Å². The van der Waals surface area contributed by atoms with Crippen LogP contribution in [-0.2, 0) is 16.1 Å². The van der Waals surface area contributed by atoms with Gasteiger partial charge in [-0.25, -0.2) is 0 Å². The number of carbonyl (C=O) groups excluding carboxylic acids is 1. The molecule has 0 bridgehead atoms. The lowest BCUT2D eigenvalue weighted by atomic mass is 9.97. The maximum Gasteiger partial charge on any atom is 0.309 e. The van der Waals surface area contributed by atoms with Crippen LogP contribution in [0.5, 0.6) is 0 Å². The highest BCUT2D eigenvalue weighted by molar-refractivity contribution is 6.08. The van der Waals surface area contributed by atoms with Gasteiger partial charge in [0.25, 0.3) is 0 Å². The second-order valence-corrected chi connectivity index (χ2v) is 6.39. The van der Waals surface area contributed by atoms with E-state index in [9.17, 15) is 4.79 Å². The van der Waals surface area contributed by atoms with Gasteiger partial charge in [0.15, 0.2) is 0 Å². The summed E-state index contributed by atoms with van der Waals surface area (Å²) in [7, 11) is 0. The Balaban J connectivity index is 1.69. The van der Waals surface area contributed by atoms with E-state index in [0.717, 1.165) is 31.2 Å². The lowest BCUT2D eigenvalue weighted by molar-refractivity contribution is -0.149. The molecule has 23 heavy (non-hydrogen) atoms. The van der Waals surface area contributed by atoms with Crippen LogP contribution in [0.15, 0.2) is 54.6 Å². The van der Waals surface area contributed by atoms with Crippen LogP contribution in [0.3, 0.4) is 0 Å². The van der Waals surface area contributed by atoms with Crippen molar-refractivity contribution in [3.8, 4) is 0 Å². The lowest BCUT2D eigenvalue weighted by Gasteiger charge is -2.13. The molecule has 0 atom stereocenters. The average Bonchev–Trinajstić information content (AvgIpc) is 3.14. The fourth-order valence-corrected chi connectivity index (χ4v) is 3.68. The summed E-state index contributed by atoms with van der Waals surface area (Å²) in [6.45, 7) is 0.362. The second-order valence-electron chi connectivity index (χ2n) is 6.39. The third kappa shape index (κ3) is 2.70. The Labute approximate surface area is 136 Å². The standard InChI is InChI=1S/C21H20O2/c22-21(15-7-1-2-8-15)23-14-17-13-16-9-3-4-10-18(16)20-12-6-5-11-19(17)20/h3-6,9-13,15H,1-2,7-8,14H2. The third-order valence-corrected chi connectivity index (χ3v) is 4.91. The van der Waals surface area contributed by atoms with E-state index < -0.39 is 0 Å². The molecular formula is C21H20O2. The SMILES string of the molecule is O=C(OCc1cc2ccccc2c2ccccc12)C1CCCC1. The molecule has 0 saturated heterocycles. The van der Waals surface area contributed by atoms with Crippen molar-refractivity contribution >= 4 is 27.5 Å². The van der Waals surface area contributed by atoms with Gasteiger partial charge in [-0.1, -0.05) is 61.4 Å². The van der Waals surface area contributed by atoms with Gasteiger partial charge in [-0.05, 0) is 46.0 Å². The van der Waals surface area contributed by atoms with Gasteiger partial charge < -0.3 is 4.74 Å². The van der Waals surface area contributed by atoms with E-state index in [2.05, 4.69) is 42.5 Å². The quantitative estimate of drug-likeness (QED) is 0.489. The van der Waals surface area contributed by atoms with Crippen molar-refractivity contribution in [2.45, 2.75) is 32.3 Å². The predicted molar refractivity (Wildman–Crippen MR) is 93.2 cm³/mol. The molecule has 0 N–H and O–H groups in total. The Morgan fingerprint density at radius 1 is 0.913 bits per heavy atom. The highest BCUT2D eigenvalue weighted by Gasteiger charge is 2.24. The Morgan fingerprint density at radius 2 is 1.57 bits per heavy atom. The topological polar surface area (TPSA) is 26.3 Å². The van der Waals surface area contributed by atoms with Crippen molar-refractivity contribution in [1.29, 1.82) is 0 Å². The Morgan fingerprint density at radius 3 is 2.35 bits per heavy atom. The maximum atomic E-state index is 12.2. The summed E-state index contributed by atoms with van der Waals surface area (Å²) in [5, 5.41) is 4.83. The average molecular weight is 304 g/mol. The number of hydrogen-bond acceptors (Lipinski definition) is 2. The molecule has 0 heterocycles. The highest BCUT2D eigenvalue weighted by Crippen LogP contribution is 2.30. The monoisotopic (exact) mass is 304 g/mol. The number of rotatable bonds is 3. The molecule has 116 valence electrons. The van der Waals surface area contributed by atoms with Crippen molar-refractivity contribution < 1.29 is 9.53 Å². The van der Waals surface area contributed by atoms with E-state index in [0.29, 0.717) is 6.61 Å². The summed E-state index contributed by atoms with van der Waals surface area (Å²) < 4.78 is 5.63. The number of ether oxygens (including phenoxy) is 1. The molecule has 2 heteroatoms. The summed E-state index contributed by atoms with van der Waals surface area (Å²) in [4.78, 5) is 12.2. The summed E-state index contributed by atoms with van der Waals surface area (Å²) in [5.74, 6) is 0.0847. The zero-order chi connectivity index (χ0) is 15.6. The van der Waals surface area contributed by atoms with Crippen LogP contribution in [0, 0.1) is 5.92 Å². The van der Waals surface area contributed by atoms with E-state index in [-0.39, 0.29) is 11.9 Å². The molecule has 4 rings (SSSR count). The zero-order valence-corrected chi connectivity index (χ0v) is 13.1. The fourth-order valence-electron chi connectivity index (χ4n) is 3.68. The molecular weight excluding hydrogens is 284 g/mol. The third-order valence-electron chi connectivity index (χ3n) is 4.91. The molecule has 1 saturated carbocycles. The molecule has 0 aromatic heterocycles. The van der Waals surface area contributed by atoms with Crippen molar-refractivity contribution in [3.05, 3.63) is 60.2 Å². The van der Waals surface area contributed by atoms with Gasteiger partial charge in [0.2, 0.25) is 0 Å². The van der Waals surface area contributed by atoms with Crippen LogP contribution in [-0.4, -0.2) is 5.97 Å². The lowest BCUT2D eigenvalue weighted by Crippen LogP contribution is -2.14. The van der Waals surface area contributed by atoms with Crippen molar-refractivity contribution in [3.63, 3.8) is 0 Å². The fraction of sp³-hybridized carbons (Fsp3) is 0.286. The number of benzene rings is 3. The Hall–Kier alpha value is -2.35. The molecule has 0 radical (unpaired) electrons. The van der Waals surface area contributed by atoms with Crippen LogP contribution in [0.25, 0.3) is 21.5 Å². The molecule has 3 aromatic carbocycles. The first kappa shape index (κ1) is 14.3.